The second-order valence-electron chi connectivity index (χ2n) is 8.55. The van der Waals surface area contributed by atoms with Crippen LogP contribution in [0.3, 0.4) is 0 Å². The summed E-state index contributed by atoms with van der Waals surface area (Å²) in [4.78, 5) is 26.3. The molecule has 2 amide bonds. The van der Waals surface area contributed by atoms with E-state index in [4.69, 9.17) is 0 Å². The summed E-state index contributed by atoms with van der Waals surface area (Å²) in [5.41, 5.74) is 5.68. The number of para-hydroxylation sites is 2. The first-order valence-electron chi connectivity index (χ1n) is 11.5. The number of hydrogen-bond acceptors (Lipinski definition) is 2. The normalized spacial score (nSPS) is 13.9. The van der Waals surface area contributed by atoms with Crippen molar-refractivity contribution in [3.8, 4) is 0 Å². The number of hydrogen-bond donors (Lipinski definition) is 1. The number of nitrogens with zero attached hydrogens (tertiary/aromatic N) is 2. The lowest BCUT2D eigenvalue weighted by molar-refractivity contribution is -0.122. The third-order valence-electron chi connectivity index (χ3n) is 6.58. The van der Waals surface area contributed by atoms with E-state index in [9.17, 15) is 9.59 Å². The van der Waals surface area contributed by atoms with Crippen molar-refractivity contribution >= 4 is 44.8 Å². The Balaban J connectivity index is 1.61. The van der Waals surface area contributed by atoms with Crippen molar-refractivity contribution in [3.05, 3.63) is 108 Å². The Kier molecular flexibility index (Phi) is 4.69. The molecule has 1 aliphatic rings. The fraction of sp³-hybridized carbons (Fsp3) is 0.103. The first-order chi connectivity index (χ1) is 16.7. The van der Waals surface area contributed by atoms with Crippen LogP contribution in [0.5, 0.6) is 0 Å². The minimum atomic E-state index is -0.351. The van der Waals surface area contributed by atoms with Gasteiger partial charge in [0.25, 0.3) is 11.8 Å². The van der Waals surface area contributed by atoms with E-state index in [1.807, 2.05) is 73.1 Å². The highest BCUT2D eigenvalue weighted by Crippen LogP contribution is 2.39. The molecule has 2 aromatic heterocycles. The summed E-state index contributed by atoms with van der Waals surface area (Å²) in [6.07, 6.45) is 3.99. The maximum Gasteiger partial charge on any atom is 0.259 e. The highest BCUT2D eigenvalue weighted by Gasteiger charge is 2.35. The van der Waals surface area contributed by atoms with Crippen LogP contribution in [0.15, 0.2) is 91.3 Å². The number of aryl methyl sites for hydroxylation is 1. The lowest BCUT2D eigenvalue weighted by Gasteiger charge is -2.05. The molecule has 0 spiro atoms. The predicted molar refractivity (Wildman–Crippen MR) is 135 cm³/mol. The number of aromatic nitrogens is 2. The molecule has 5 aromatic rings. The maximum atomic E-state index is 13.2. The van der Waals surface area contributed by atoms with Gasteiger partial charge in [-0.1, -0.05) is 66.7 Å². The highest BCUT2D eigenvalue weighted by atomic mass is 16.2. The van der Waals surface area contributed by atoms with Gasteiger partial charge in [-0.25, -0.2) is 0 Å². The summed E-state index contributed by atoms with van der Waals surface area (Å²) in [7, 11) is 0. The molecule has 3 aromatic carbocycles. The first kappa shape index (κ1) is 20.2. The van der Waals surface area contributed by atoms with Crippen LogP contribution < -0.4 is 5.32 Å². The molecule has 6 rings (SSSR count). The summed E-state index contributed by atoms with van der Waals surface area (Å²) in [5.74, 6) is -0.699. The zero-order valence-corrected chi connectivity index (χ0v) is 18.8. The number of nitrogens with one attached hydrogen (secondary N) is 1. The van der Waals surface area contributed by atoms with Crippen molar-refractivity contribution in [1.82, 2.24) is 14.5 Å². The van der Waals surface area contributed by atoms with Gasteiger partial charge in [-0.05, 0) is 24.6 Å². The van der Waals surface area contributed by atoms with Gasteiger partial charge in [-0.3, -0.25) is 14.9 Å². The van der Waals surface area contributed by atoms with Crippen molar-refractivity contribution in [2.75, 3.05) is 0 Å². The molecular weight excluding hydrogens is 422 g/mol. The zero-order valence-electron chi connectivity index (χ0n) is 18.8. The molecule has 0 fully saturated rings. The Labute approximate surface area is 196 Å². The fourth-order valence-electron chi connectivity index (χ4n) is 5.03. The van der Waals surface area contributed by atoms with Gasteiger partial charge >= 0.3 is 0 Å². The highest BCUT2D eigenvalue weighted by molar-refractivity contribution is 6.50. The summed E-state index contributed by atoms with van der Waals surface area (Å²) in [6, 6.07) is 26.3. The zero-order chi connectivity index (χ0) is 23.2. The van der Waals surface area contributed by atoms with Gasteiger partial charge < -0.3 is 9.13 Å². The average molecular weight is 446 g/mol. The van der Waals surface area contributed by atoms with E-state index < -0.39 is 0 Å². The number of rotatable bonds is 5. The Morgan fingerprint density at radius 1 is 0.647 bits per heavy atom. The van der Waals surface area contributed by atoms with E-state index in [-0.39, 0.29) is 11.8 Å². The van der Waals surface area contributed by atoms with Gasteiger partial charge in [0, 0.05) is 58.4 Å². The smallest absolute Gasteiger partial charge is 0.259 e. The quantitative estimate of drug-likeness (QED) is 0.377. The molecule has 0 bridgehead atoms. The number of carbonyl (C=O) groups excluding carboxylic acids is 2. The third kappa shape index (κ3) is 3.09. The molecule has 1 aliphatic heterocycles. The van der Waals surface area contributed by atoms with Crippen LogP contribution in [0.1, 0.15) is 23.6 Å². The van der Waals surface area contributed by atoms with Gasteiger partial charge in [-0.2, -0.15) is 0 Å². The Morgan fingerprint density at radius 3 is 1.74 bits per heavy atom. The number of amides is 2. The van der Waals surface area contributed by atoms with Gasteiger partial charge in [0.1, 0.15) is 0 Å². The molecule has 0 unspecified atom stereocenters. The molecule has 0 atom stereocenters. The monoisotopic (exact) mass is 445 g/mol. The van der Waals surface area contributed by atoms with Crippen molar-refractivity contribution in [1.29, 1.82) is 0 Å². The van der Waals surface area contributed by atoms with Crippen LogP contribution in [-0.4, -0.2) is 20.9 Å². The minimum absolute atomic E-state index is 0.348. The van der Waals surface area contributed by atoms with Crippen LogP contribution in [-0.2, 0) is 22.7 Å². The maximum absolute atomic E-state index is 13.2. The molecule has 3 heterocycles. The second kappa shape index (κ2) is 7.89. The first-order valence-corrected chi connectivity index (χ1v) is 11.5. The van der Waals surface area contributed by atoms with E-state index in [1.54, 1.807) is 0 Å². The molecule has 0 saturated heterocycles. The van der Waals surface area contributed by atoms with Crippen molar-refractivity contribution < 1.29 is 9.59 Å². The van der Waals surface area contributed by atoms with Gasteiger partial charge in [0.05, 0.1) is 11.1 Å². The van der Waals surface area contributed by atoms with E-state index in [1.165, 1.54) is 5.56 Å². The largest absolute Gasteiger partial charge is 0.347 e. The molecule has 166 valence electrons. The average Bonchev–Trinajstić information content (AvgIpc) is 3.50. The Bertz CT molecular complexity index is 1620. The van der Waals surface area contributed by atoms with Crippen LogP contribution in [0.4, 0.5) is 0 Å². The minimum Gasteiger partial charge on any atom is -0.347 e. The summed E-state index contributed by atoms with van der Waals surface area (Å²) < 4.78 is 4.26. The van der Waals surface area contributed by atoms with E-state index in [0.29, 0.717) is 17.7 Å². The SMILES string of the molecule is CCn1cc(C2=C(c3cn(Cc4ccccc4)c4ccccc34)C(=O)NC2=O)c2ccccc21. The van der Waals surface area contributed by atoms with Crippen molar-refractivity contribution in [3.63, 3.8) is 0 Å². The number of carbonyl (C=O) groups is 2. The molecule has 0 saturated carbocycles. The molecular formula is C29H23N3O2. The van der Waals surface area contributed by atoms with Crippen molar-refractivity contribution in [2.24, 2.45) is 0 Å². The third-order valence-corrected chi connectivity index (χ3v) is 6.58. The molecule has 0 radical (unpaired) electrons. The van der Waals surface area contributed by atoms with E-state index in [0.717, 1.165) is 39.5 Å². The van der Waals surface area contributed by atoms with E-state index in [2.05, 4.69) is 39.6 Å². The molecule has 0 aliphatic carbocycles. The second-order valence-corrected chi connectivity index (χ2v) is 8.55. The van der Waals surface area contributed by atoms with Crippen LogP contribution in [0, 0.1) is 0 Å². The summed E-state index contributed by atoms with van der Waals surface area (Å²) in [5, 5.41) is 4.48. The number of imide groups is 1. The van der Waals surface area contributed by atoms with Crippen LogP contribution in [0.2, 0.25) is 0 Å². The fourth-order valence-corrected chi connectivity index (χ4v) is 5.03. The standard InChI is InChI=1S/C29H23N3O2/c1-2-31-17-22(20-12-6-8-14-24(20)31)26-27(29(34)30-28(26)33)23-18-32(16-19-10-4-3-5-11-19)25-15-9-7-13-21(23)25/h3-15,17-18H,2,16H2,1H3,(H,30,33,34). The Hall–Kier alpha value is -4.38. The summed E-state index contributed by atoms with van der Waals surface area (Å²) >= 11 is 0. The van der Waals surface area contributed by atoms with Crippen LogP contribution in [0.25, 0.3) is 33.0 Å². The van der Waals surface area contributed by atoms with E-state index >= 15 is 0 Å². The van der Waals surface area contributed by atoms with Gasteiger partial charge in [-0.15, -0.1) is 0 Å². The number of benzene rings is 3. The Morgan fingerprint density at radius 2 is 1.15 bits per heavy atom. The molecule has 5 nitrogen and oxygen atoms in total. The molecule has 1 N–H and O–H groups in total. The predicted octanol–water partition coefficient (Wildman–Crippen LogP) is 5.23. The van der Waals surface area contributed by atoms with Gasteiger partial charge in [0.15, 0.2) is 0 Å². The van der Waals surface area contributed by atoms with Crippen molar-refractivity contribution in [2.45, 2.75) is 20.0 Å². The van der Waals surface area contributed by atoms with Crippen LogP contribution >= 0.6 is 0 Å². The molecule has 34 heavy (non-hydrogen) atoms. The lowest BCUT2D eigenvalue weighted by Crippen LogP contribution is -2.22. The topological polar surface area (TPSA) is 56.0 Å². The lowest BCUT2D eigenvalue weighted by atomic mass is 9.95. The summed E-state index contributed by atoms with van der Waals surface area (Å²) in [6.45, 7) is 3.52. The molecule has 5 heteroatoms. The van der Waals surface area contributed by atoms with Gasteiger partial charge in [0.2, 0.25) is 0 Å². The number of fused-ring (bicyclic) bond motifs is 2.